The predicted octanol–water partition coefficient (Wildman–Crippen LogP) is 1.56. The summed E-state index contributed by atoms with van der Waals surface area (Å²) in [5.41, 5.74) is 0.840. The van der Waals surface area contributed by atoms with Crippen LogP contribution in [-0.4, -0.2) is 85.1 Å². The predicted molar refractivity (Wildman–Crippen MR) is 153 cm³/mol. The Morgan fingerprint density at radius 3 is 2.60 bits per heavy atom. The van der Waals surface area contributed by atoms with Crippen molar-refractivity contribution < 1.29 is 38.4 Å². The Labute approximate surface area is 247 Å². The number of rotatable bonds is 14. The summed E-state index contributed by atoms with van der Waals surface area (Å²) in [6, 6.07) is 8.20. The van der Waals surface area contributed by atoms with E-state index in [2.05, 4.69) is 21.3 Å². The van der Waals surface area contributed by atoms with Crippen LogP contribution >= 0.6 is 0 Å². The molecule has 0 aromatic heterocycles. The van der Waals surface area contributed by atoms with Crippen LogP contribution in [0.15, 0.2) is 30.3 Å². The molecular weight excluding hydrogens is 544 g/mol. The molecule has 1 saturated carbocycles. The highest BCUT2D eigenvalue weighted by atomic mass is 16.8. The number of amides is 3. The van der Waals surface area contributed by atoms with Crippen molar-refractivity contribution in [1.82, 2.24) is 21.3 Å². The third-order valence-corrected chi connectivity index (χ3v) is 7.77. The summed E-state index contributed by atoms with van der Waals surface area (Å²) < 4.78 is 23.6. The van der Waals surface area contributed by atoms with Crippen LogP contribution < -0.4 is 21.3 Å². The van der Waals surface area contributed by atoms with Crippen LogP contribution in [0.2, 0.25) is 0 Å². The quantitative estimate of drug-likeness (QED) is 0.203. The van der Waals surface area contributed by atoms with Crippen LogP contribution in [-0.2, 0) is 35.1 Å². The molecule has 2 heterocycles. The summed E-state index contributed by atoms with van der Waals surface area (Å²) in [5, 5.41) is 21.5. The molecule has 12 nitrogen and oxygen atoms in total. The van der Waals surface area contributed by atoms with Gasteiger partial charge in [-0.15, -0.1) is 0 Å². The third-order valence-electron chi connectivity index (χ3n) is 7.77. The Hall–Kier alpha value is -2.77. The van der Waals surface area contributed by atoms with E-state index in [4.69, 9.17) is 18.9 Å². The maximum Gasteiger partial charge on any atom is 0.408 e. The van der Waals surface area contributed by atoms with Gasteiger partial charge in [-0.3, -0.25) is 14.9 Å². The van der Waals surface area contributed by atoms with Crippen molar-refractivity contribution in [2.75, 3.05) is 19.8 Å². The first-order valence-electron chi connectivity index (χ1n) is 14.9. The lowest BCUT2D eigenvalue weighted by molar-refractivity contribution is -0.170. The Kier molecular flexibility index (Phi) is 11.2. The molecule has 0 bridgehead atoms. The Balaban J connectivity index is 1.44. The van der Waals surface area contributed by atoms with Crippen molar-refractivity contribution >= 4 is 17.9 Å². The van der Waals surface area contributed by atoms with Gasteiger partial charge in [-0.25, -0.2) is 4.79 Å². The van der Waals surface area contributed by atoms with Gasteiger partial charge in [-0.1, -0.05) is 44.2 Å². The van der Waals surface area contributed by atoms with Gasteiger partial charge in [0.05, 0.1) is 25.5 Å². The minimum atomic E-state index is -0.841. The van der Waals surface area contributed by atoms with E-state index in [1.807, 2.05) is 58.0 Å². The summed E-state index contributed by atoms with van der Waals surface area (Å²) in [5.74, 6) is -1.34. The molecule has 42 heavy (non-hydrogen) atoms. The zero-order chi connectivity index (χ0) is 30.3. The number of ether oxygens (including phenoxy) is 4. The highest BCUT2D eigenvalue weighted by molar-refractivity contribution is 5.86. The number of aliphatic hydroxyl groups is 1. The van der Waals surface area contributed by atoms with Crippen LogP contribution in [0.4, 0.5) is 4.79 Å². The second kappa shape index (κ2) is 14.6. The summed E-state index contributed by atoms with van der Waals surface area (Å²) in [6.07, 6.45) is -0.297. The zero-order valence-corrected chi connectivity index (χ0v) is 25.0. The highest BCUT2D eigenvalue weighted by Crippen LogP contribution is 2.40. The summed E-state index contributed by atoms with van der Waals surface area (Å²) in [7, 11) is 0. The average molecular weight is 591 g/mol. The average Bonchev–Trinajstić information content (AvgIpc) is 3.57. The van der Waals surface area contributed by atoms with Gasteiger partial charge in [0, 0.05) is 18.5 Å². The molecule has 12 heteroatoms. The Bertz CT molecular complexity index is 1060. The summed E-state index contributed by atoms with van der Waals surface area (Å²) in [4.78, 5) is 38.8. The van der Waals surface area contributed by atoms with Crippen molar-refractivity contribution in [2.45, 2.75) is 102 Å². The van der Waals surface area contributed by atoms with Gasteiger partial charge in [0.15, 0.2) is 5.79 Å². The first-order valence-corrected chi connectivity index (χ1v) is 14.9. The number of carbonyl (C=O) groups excluding carboxylic acids is 3. The molecule has 2 aliphatic heterocycles. The number of aliphatic hydroxyl groups excluding tert-OH is 1. The van der Waals surface area contributed by atoms with Crippen molar-refractivity contribution in [2.24, 2.45) is 11.8 Å². The van der Waals surface area contributed by atoms with E-state index in [1.54, 1.807) is 0 Å². The lowest BCUT2D eigenvalue weighted by atomic mass is 9.99. The molecule has 3 aliphatic rings. The van der Waals surface area contributed by atoms with Crippen molar-refractivity contribution in [3.8, 4) is 0 Å². The van der Waals surface area contributed by atoms with Crippen LogP contribution in [0, 0.1) is 11.8 Å². The van der Waals surface area contributed by atoms with Gasteiger partial charge < -0.3 is 40.0 Å². The van der Waals surface area contributed by atoms with Gasteiger partial charge in [-0.2, -0.15) is 0 Å². The molecule has 0 spiro atoms. The number of hydrogen-bond acceptors (Lipinski definition) is 9. The smallest absolute Gasteiger partial charge is 0.408 e. The van der Waals surface area contributed by atoms with Crippen molar-refractivity contribution in [1.29, 1.82) is 0 Å². The van der Waals surface area contributed by atoms with Crippen molar-refractivity contribution in [3.05, 3.63) is 35.9 Å². The van der Waals surface area contributed by atoms with E-state index in [9.17, 15) is 19.5 Å². The molecule has 1 aliphatic carbocycles. The Morgan fingerprint density at radius 2 is 1.93 bits per heavy atom. The van der Waals surface area contributed by atoms with Gasteiger partial charge in [-0.05, 0) is 51.0 Å². The van der Waals surface area contributed by atoms with Crippen LogP contribution in [0.5, 0.6) is 0 Å². The highest BCUT2D eigenvalue weighted by Gasteiger charge is 2.54. The molecule has 1 aromatic carbocycles. The van der Waals surface area contributed by atoms with E-state index in [-0.39, 0.29) is 61.7 Å². The largest absolute Gasteiger partial charge is 0.445 e. The molecule has 7 atom stereocenters. The SMILES string of the molecule is CC(C)C[C@@H](NC(=O)OCc1ccccc1)C(=O)N[C@H](CC1CCNC1=O)N[C@H]1C[C@@H]2OC(C)(C)O[C@@H]2[C@H]1OCCO. The lowest BCUT2D eigenvalue weighted by Gasteiger charge is -2.32. The van der Waals surface area contributed by atoms with E-state index < -0.39 is 30.2 Å². The van der Waals surface area contributed by atoms with E-state index in [1.165, 1.54) is 0 Å². The van der Waals surface area contributed by atoms with Crippen molar-refractivity contribution in [3.63, 3.8) is 0 Å². The Morgan fingerprint density at radius 1 is 1.17 bits per heavy atom. The fraction of sp³-hybridized carbons (Fsp3) is 0.700. The van der Waals surface area contributed by atoms with E-state index in [0.29, 0.717) is 32.2 Å². The van der Waals surface area contributed by atoms with E-state index >= 15 is 0 Å². The molecule has 4 rings (SSSR count). The number of benzene rings is 1. The number of alkyl carbamates (subject to hydrolysis) is 1. The minimum Gasteiger partial charge on any atom is -0.445 e. The monoisotopic (exact) mass is 590 g/mol. The molecule has 1 unspecified atom stereocenters. The van der Waals surface area contributed by atoms with Gasteiger partial charge in [0.1, 0.15) is 24.9 Å². The summed E-state index contributed by atoms with van der Waals surface area (Å²) in [6.45, 7) is 8.30. The second-order valence-electron chi connectivity index (χ2n) is 12.2. The number of hydrogen-bond donors (Lipinski definition) is 5. The molecule has 0 radical (unpaired) electrons. The number of carbonyl (C=O) groups is 3. The lowest BCUT2D eigenvalue weighted by Crippen LogP contribution is -2.58. The van der Waals surface area contributed by atoms with Gasteiger partial charge in [0.25, 0.3) is 0 Å². The molecule has 3 amide bonds. The minimum absolute atomic E-state index is 0.0535. The molecule has 2 saturated heterocycles. The second-order valence-corrected chi connectivity index (χ2v) is 12.2. The van der Waals surface area contributed by atoms with Crippen LogP contribution in [0.1, 0.15) is 58.9 Å². The molecular formula is C30H46N4O8. The fourth-order valence-electron chi connectivity index (χ4n) is 5.96. The molecule has 5 N–H and O–H groups in total. The maximum atomic E-state index is 13.6. The van der Waals surface area contributed by atoms with Gasteiger partial charge >= 0.3 is 6.09 Å². The van der Waals surface area contributed by atoms with Crippen LogP contribution in [0.3, 0.4) is 0 Å². The van der Waals surface area contributed by atoms with E-state index in [0.717, 1.165) is 5.56 Å². The van der Waals surface area contributed by atoms with Crippen LogP contribution in [0.25, 0.3) is 0 Å². The maximum absolute atomic E-state index is 13.6. The molecule has 3 fully saturated rings. The third kappa shape index (κ3) is 8.87. The fourth-order valence-corrected chi connectivity index (χ4v) is 5.96. The first kappa shape index (κ1) is 32.2. The van der Waals surface area contributed by atoms with Gasteiger partial charge in [0.2, 0.25) is 11.8 Å². The number of nitrogens with one attached hydrogen (secondary N) is 4. The normalized spacial score (nSPS) is 27.8. The standard InChI is InChI=1S/C30H46N4O8/c1-18(2)14-22(33-29(38)40-17-19-8-6-5-7-9-19)28(37)34-24(15-20-10-11-31-27(20)36)32-21-16-23-26(25(21)39-13-12-35)42-30(3,4)41-23/h5-9,18,20-26,32,35H,10-17H2,1-4H3,(H,31,36)(H,33,38)(H,34,37)/t20?,21-,22+,23-,24+,25-,26-/m0/s1. The number of fused-ring (bicyclic) bond motifs is 1. The summed E-state index contributed by atoms with van der Waals surface area (Å²) >= 11 is 0. The zero-order valence-electron chi connectivity index (χ0n) is 25.0. The molecule has 234 valence electrons. The first-order chi connectivity index (χ1) is 20.0. The molecule has 1 aromatic rings. The topological polar surface area (TPSA) is 156 Å².